The number of amides is 2. The number of nitrogens with zero attached hydrogens (tertiary/aromatic N) is 2. The third kappa shape index (κ3) is 5.55. The monoisotopic (exact) mass is 450 g/mol. The van der Waals surface area contributed by atoms with Crippen molar-refractivity contribution in [2.45, 2.75) is 32.7 Å². The summed E-state index contributed by atoms with van der Waals surface area (Å²) in [6.45, 7) is 5.63. The maximum absolute atomic E-state index is 12.6. The van der Waals surface area contributed by atoms with Crippen molar-refractivity contribution in [1.29, 1.82) is 0 Å². The zero-order valence-corrected chi connectivity index (χ0v) is 18.3. The van der Waals surface area contributed by atoms with E-state index in [1.807, 2.05) is 19.9 Å². The number of nitrogens with one attached hydrogen (secondary N) is 2. The van der Waals surface area contributed by atoms with Crippen LogP contribution >= 0.6 is 23.2 Å². The van der Waals surface area contributed by atoms with Crippen LogP contribution < -0.4 is 15.6 Å². The minimum absolute atomic E-state index is 0.155. The van der Waals surface area contributed by atoms with Crippen LogP contribution in [0.25, 0.3) is 0 Å². The summed E-state index contributed by atoms with van der Waals surface area (Å²) in [6.07, 6.45) is 3.76. The molecule has 1 aromatic heterocycles. The SMILES string of the molecule is CC(C)C(NC(=O)c1ccc(Cl)c(Cl)c1)C(=O)N/N=C\c1ccc(N2CCCC2)o1. The number of hydrazone groups is 1. The topological polar surface area (TPSA) is 86.9 Å². The summed E-state index contributed by atoms with van der Waals surface area (Å²) < 4.78 is 5.73. The Balaban J connectivity index is 1.59. The fourth-order valence-corrected chi connectivity index (χ4v) is 3.44. The largest absolute Gasteiger partial charge is 0.440 e. The number of furan rings is 1. The van der Waals surface area contributed by atoms with Gasteiger partial charge in [-0.25, -0.2) is 5.43 Å². The average Bonchev–Trinajstić information content (AvgIpc) is 3.39. The molecule has 30 heavy (non-hydrogen) atoms. The van der Waals surface area contributed by atoms with Crippen LogP contribution in [0.15, 0.2) is 39.9 Å². The third-order valence-electron chi connectivity index (χ3n) is 4.81. The molecule has 1 unspecified atom stereocenters. The molecule has 1 fully saturated rings. The number of carbonyl (C=O) groups is 2. The zero-order valence-electron chi connectivity index (χ0n) is 16.8. The lowest BCUT2D eigenvalue weighted by atomic mass is 10.0. The van der Waals surface area contributed by atoms with Crippen molar-refractivity contribution in [3.05, 3.63) is 51.7 Å². The number of hydrogen-bond acceptors (Lipinski definition) is 5. The van der Waals surface area contributed by atoms with Gasteiger partial charge in [-0.3, -0.25) is 9.59 Å². The summed E-state index contributed by atoms with van der Waals surface area (Å²) in [7, 11) is 0. The molecule has 2 amide bonds. The van der Waals surface area contributed by atoms with Gasteiger partial charge in [0, 0.05) is 24.7 Å². The molecule has 0 bridgehead atoms. The number of hydrogen-bond donors (Lipinski definition) is 2. The zero-order chi connectivity index (χ0) is 21.7. The van der Waals surface area contributed by atoms with Gasteiger partial charge in [-0.15, -0.1) is 0 Å². The molecule has 2 heterocycles. The summed E-state index contributed by atoms with van der Waals surface area (Å²) in [5.41, 5.74) is 2.78. The van der Waals surface area contributed by atoms with E-state index in [0.717, 1.165) is 31.8 Å². The minimum atomic E-state index is -0.777. The maximum Gasteiger partial charge on any atom is 0.262 e. The first-order valence-electron chi connectivity index (χ1n) is 9.79. The Labute approximate surface area is 185 Å². The minimum Gasteiger partial charge on any atom is -0.440 e. The molecule has 0 spiro atoms. The Morgan fingerprint density at radius 3 is 2.53 bits per heavy atom. The van der Waals surface area contributed by atoms with Gasteiger partial charge in [0.1, 0.15) is 11.8 Å². The van der Waals surface area contributed by atoms with Crippen LogP contribution in [0.4, 0.5) is 5.88 Å². The van der Waals surface area contributed by atoms with Crippen molar-refractivity contribution in [2.24, 2.45) is 11.0 Å². The van der Waals surface area contributed by atoms with Crippen molar-refractivity contribution in [2.75, 3.05) is 18.0 Å². The highest BCUT2D eigenvalue weighted by atomic mass is 35.5. The average molecular weight is 451 g/mol. The summed E-state index contributed by atoms with van der Waals surface area (Å²) >= 11 is 11.9. The fraction of sp³-hybridized carbons (Fsp3) is 0.381. The first-order chi connectivity index (χ1) is 14.3. The van der Waals surface area contributed by atoms with E-state index in [1.54, 1.807) is 12.1 Å². The van der Waals surface area contributed by atoms with Gasteiger partial charge in [0.05, 0.1) is 16.3 Å². The highest BCUT2D eigenvalue weighted by molar-refractivity contribution is 6.42. The van der Waals surface area contributed by atoms with Crippen LogP contribution in [0, 0.1) is 5.92 Å². The molecule has 2 N–H and O–H groups in total. The van der Waals surface area contributed by atoms with E-state index in [9.17, 15) is 9.59 Å². The van der Waals surface area contributed by atoms with Crippen molar-refractivity contribution >= 4 is 47.1 Å². The van der Waals surface area contributed by atoms with E-state index in [-0.39, 0.29) is 10.9 Å². The molecule has 0 radical (unpaired) electrons. The predicted octanol–water partition coefficient (Wildman–Crippen LogP) is 4.09. The maximum atomic E-state index is 12.6. The number of anilines is 1. The number of halogens is 2. The highest BCUT2D eigenvalue weighted by Gasteiger charge is 2.25. The molecule has 9 heteroatoms. The Hall–Kier alpha value is -2.51. The summed E-state index contributed by atoms with van der Waals surface area (Å²) in [5, 5.41) is 7.30. The van der Waals surface area contributed by atoms with Crippen LogP contribution in [0.3, 0.4) is 0 Å². The second kappa shape index (κ2) is 10.00. The first kappa shape index (κ1) is 22.2. The molecule has 7 nitrogen and oxygen atoms in total. The van der Waals surface area contributed by atoms with Crippen molar-refractivity contribution < 1.29 is 14.0 Å². The molecule has 3 rings (SSSR count). The molecule has 1 aromatic carbocycles. The normalized spacial score (nSPS) is 15.0. The molecule has 0 saturated carbocycles. The lowest BCUT2D eigenvalue weighted by Crippen LogP contribution is -2.48. The molecular formula is C21H24Cl2N4O3. The second-order valence-electron chi connectivity index (χ2n) is 7.43. The van der Waals surface area contributed by atoms with E-state index >= 15 is 0 Å². The Morgan fingerprint density at radius 1 is 1.13 bits per heavy atom. The molecule has 2 aromatic rings. The van der Waals surface area contributed by atoms with E-state index in [2.05, 4.69) is 20.7 Å². The van der Waals surface area contributed by atoms with Crippen molar-refractivity contribution in [3.8, 4) is 0 Å². The van der Waals surface area contributed by atoms with E-state index in [4.69, 9.17) is 27.6 Å². The van der Waals surface area contributed by atoms with E-state index < -0.39 is 17.9 Å². The third-order valence-corrected chi connectivity index (χ3v) is 5.55. The molecule has 1 atom stereocenters. The van der Waals surface area contributed by atoms with Crippen LogP contribution in [-0.4, -0.2) is 37.2 Å². The fourth-order valence-electron chi connectivity index (χ4n) is 3.15. The van der Waals surface area contributed by atoms with Gasteiger partial charge in [-0.05, 0) is 43.0 Å². The van der Waals surface area contributed by atoms with Gasteiger partial charge < -0.3 is 14.6 Å². The number of benzene rings is 1. The summed E-state index contributed by atoms with van der Waals surface area (Å²) in [5.74, 6) is 0.332. The molecule has 1 saturated heterocycles. The van der Waals surface area contributed by atoms with Gasteiger partial charge >= 0.3 is 0 Å². The van der Waals surface area contributed by atoms with E-state index in [1.165, 1.54) is 18.3 Å². The predicted molar refractivity (Wildman–Crippen MR) is 118 cm³/mol. The van der Waals surface area contributed by atoms with Crippen LogP contribution in [-0.2, 0) is 4.79 Å². The number of rotatable bonds is 7. The van der Waals surface area contributed by atoms with Crippen molar-refractivity contribution in [3.63, 3.8) is 0 Å². The van der Waals surface area contributed by atoms with Crippen molar-refractivity contribution in [1.82, 2.24) is 10.7 Å². The standard InChI is InChI=1S/C21H24Cl2N4O3/c1-13(2)19(25-20(28)14-5-7-16(22)17(23)11-14)21(29)26-24-12-15-6-8-18(30-15)27-9-3-4-10-27/h5-8,11-13,19H,3-4,9-10H2,1-2H3,(H,25,28)(H,26,29)/b24-12-. The van der Waals surface area contributed by atoms with Crippen LogP contribution in [0.1, 0.15) is 42.8 Å². The van der Waals surface area contributed by atoms with Crippen LogP contribution in [0.2, 0.25) is 10.0 Å². The Bertz CT molecular complexity index is 936. The molecular weight excluding hydrogens is 427 g/mol. The Kier molecular flexibility index (Phi) is 7.39. The summed E-state index contributed by atoms with van der Waals surface area (Å²) in [4.78, 5) is 27.2. The lowest BCUT2D eigenvalue weighted by Gasteiger charge is -2.20. The van der Waals surface area contributed by atoms with Crippen LogP contribution in [0.5, 0.6) is 0 Å². The lowest BCUT2D eigenvalue weighted by molar-refractivity contribution is -0.123. The number of carbonyl (C=O) groups excluding carboxylic acids is 2. The van der Waals surface area contributed by atoms with Gasteiger partial charge in [0.15, 0.2) is 5.88 Å². The van der Waals surface area contributed by atoms with Gasteiger partial charge in [0.2, 0.25) is 0 Å². The summed E-state index contributed by atoms with van der Waals surface area (Å²) in [6, 6.07) is 7.46. The van der Waals surface area contributed by atoms with Gasteiger partial charge in [-0.2, -0.15) is 5.10 Å². The highest BCUT2D eigenvalue weighted by Crippen LogP contribution is 2.23. The molecule has 1 aliphatic rings. The molecule has 1 aliphatic heterocycles. The molecule has 160 valence electrons. The van der Waals surface area contributed by atoms with E-state index in [0.29, 0.717) is 16.3 Å². The van der Waals surface area contributed by atoms with Gasteiger partial charge in [-0.1, -0.05) is 37.0 Å². The molecule has 0 aliphatic carbocycles. The van der Waals surface area contributed by atoms with Gasteiger partial charge in [0.25, 0.3) is 11.8 Å². The quantitative estimate of drug-likeness (QED) is 0.491. The second-order valence-corrected chi connectivity index (χ2v) is 8.24. The first-order valence-corrected chi connectivity index (χ1v) is 10.5. The Morgan fingerprint density at radius 2 is 1.87 bits per heavy atom. The smallest absolute Gasteiger partial charge is 0.262 e.